The Morgan fingerprint density at radius 2 is 2.30 bits per heavy atom. The number of fused-ring (bicyclic) bond motifs is 1. The van der Waals surface area contributed by atoms with Crippen molar-refractivity contribution < 1.29 is 0 Å². The predicted octanol–water partition coefficient (Wildman–Crippen LogP) is 2.70. The zero-order valence-corrected chi connectivity index (χ0v) is 14.0. The van der Waals surface area contributed by atoms with Crippen LogP contribution in [0, 0.1) is 0 Å². The van der Waals surface area contributed by atoms with Crippen molar-refractivity contribution in [2.75, 3.05) is 20.1 Å². The number of nitrogens with zero attached hydrogens (tertiary/aromatic N) is 3. The highest BCUT2D eigenvalue weighted by molar-refractivity contribution is 9.10. The molecule has 2 aromatic heterocycles. The third-order valence-electron chi connectivity index (χ3n) is 3.85. The van der Waals surface area contributed by atoms with Crippen LogP contribution in [-0.2, 0) is 6.54 Å². The van der Waals surface area contributed by atoms with E-state index in [1.807, 2.05) is 18.3 Å². The molecule has 0 radical (unpaired) electrons. The SMILES string of the molecule is CNC1CCCN(Cc2cnc3ccc(Br)cn23)C1.Cl. The Bertz CT molecular complexity index is 571. The van der Waals surface area contributed by atoms with E-state index in [0.29, 0.717) is 6.04 Å². The molecule has 1 aliphatic heterocycles. The van der Waals surface area contributed by atoms with Crippen LogP contribution in [0.25, 0.3) is 5.65 Å². The smallest absolute Gasteiger partial charge is 0.136 e. The summed E-state index contributed by atoms with van der Waals surface area (Å²) < 4.78 is 3.26. The minimum absolute atomic E-state index is 0. The first kappa shape index (κ1) is 15.8. The van der Waals surface area contributed by atoms with Crippen LogP contribution in [0.5, 0.6) is 0 Å². The maximum absolute atomic E-state index is 4.46. The first-order chi connectivity index (χ1) is 9.26. The molecule has 110 valence electrons. The Labute approximate surface area is 134 Å². The standard InChI is InChI=1S/C14H19BrN4.ClH/c1-16-12-3-2-6-18(9-12)10-13-7-17-14-5-4-11(15)8-19(13)14;/h4-5,7-8,12,16H,2-3,6,9-10H2,1H3;1H. The lowest BCUT2D eigenvalue weighted by Crippen LogP contribution is -2.44. The molecule has 0 aliphatic carbocycles. The maximum atomic E-state index is 4.46. The van der Waals surface area contributed by atoms with Gasteiger partial charge < -0.3 is 9.72 Å². The van der Waals surface area contributed by atoms with Crippen LogP contribution in [0.1, 0.15) is 18.5 Å². The fraction of sp³-hybridized carbons (Fsp3) is 0.500. The first-order valence-corrected chi connectivity index (χ1v) is 7.56. The summed E-state index contributed by atoms with van der Waals surface area (Å²) in [4.78, 5) is 6.97. The fourth-order valence-corrected chi connectivity index (χ4v) is 3.12. The van der Waals surface area contributed by atoms with E-state index in [9.17, 15) is 0 Å². The predicted molar refractivity (Wildman–Crippen MR) is 87.5 cm³/mol. The lowest BCUT2D eigenvalue weighted by molar-refractivity contribution is 0.185. The minimum atomic E-state index is 0. The molecular weight excluding hydrogens is 340 g/mol. The van der Waals surface area contributed by atoms with Crippen LogP contribution >= 0.6 is 28.3 Å². The van der Waals surface area contributed by atoms with E-state index >= 15 is 0 Å². The van der Waals surface area contributed by atoms with Crippen LogP contribution in [0.3, 0.4) is 0 Å². The summed E-state index contributed by atoms with van der Waals surface area (Å²) in [5.74, 6) is 0. The summed E-state index contributed by atoms with van der Waals surface area (Å²) in [6.45, 7) is 3.27. The molecule has 2 aromatic rings. The van der Waals surface area contributed by atoms with Crippen molar-refractivity contribution >= 4 is 34.0 Å². The van der Waals surface area contributed by atoms with Crippen molar-refractivity contribution in [1.82, 2.24) is 19.6 Å². The first-order valence-electron chi connectivity index (χ1n) is 6.77. The van der Waals surface area contributed by atoms with Gasteiger partial charge in [0.05, 0.1) is 11.9 Å². The van der Waals surface area contributed by atoms with E-state index < -0.39 is 0 Å². The largest absolute Gasteiger partial charge is 0.316 e. The average Bonchev–Trinajstić information content (AvgIpc) is 2.81. The van der Waals surface area contributed by atoms with Crippen LogP contribution in [0.15, 0.2) is 29.0 Å². The number of imidazole rings is 1. The van der Waals surface area contributed by atoms with Crippen molar-refractivity contribution in [2.45, 2.75) is 25.4 Å². The normalized spacial score (nSPS) is 20.0. The van der Waals surface area contributed by atoms with Gasteiger partial charge in [-0.15, -0.1) is 12.4 Å². The van der Waals surface area contributed by atoms with Crippen LogP contribution in [0.2, 0.25) is 0 Å². The lowest BCUT2D eigenvalue weighted by Gasteiger charge is -2.32. The van der Waals surface area contributed by atoms with Gasteiger partial charge in [0.25, 0.3) is 0 Å². The number of hydrogen-bond acceptors (Lipinski definition) is 3. The molecule has 1 atom stereocenters. The summed E-state index contributed by atoms with van der Waals surface area (Å²) >= 11 is 3.53. The number of rotatable bonds is 3. The molecule has 6 heteroatoms. The second-order valence-corrected chi connectivity index (χ2v) is 6.10. The second-order valence-electron chi connectivity index (χ2n) is 5.19. The van der Waals surface area contributed by atoms with Gasteiger partial charge >= 0.3 is 0 Å². The van der Waals surface area contributed by atoms with Gasteiger partial charge in [0, 0.05) is 29.8 Å². The number of pyridine rings is 1. The number of aromatic nitrogens is 2. The molecule has 3 rings (SSSR count). The van der Waals surface area contributed by atoms with Crippen molar-refractivity contribution in [2.24, 2.45) is 0 Å². The average molecular weight is 360 g/mol. The Balaban J connectivity index is 0.00000147. The highest BCUT2D eigenvalue weighted by Gasteiger charge is 2.19. The second kappa shape index (κ2) is 6.89. The molecule has 0 bridgehead atoms. The summed E-state index contributed by atoms with van der Waals surface area (Å²) in [6, 6.07) is 4.70. The Kier molecular flexibility index (Phi) is 5.43. The molecule has 1 fully saturated rings. The van der Waals surface area contributed by atoms with Gasteiger partial charge in [-0.05, 0) is 54.5 Å². The van der Waals surface area contributed by atoms with Gasteiger partial charge in [-0.2, -0.15) is 0 Å². The third kappa shape index (κ3) is 3.34. The van der Waals surface area contributed by atoms with E-state index in [1.165, 1.54) is 25.1 Å². The van der Waals surface area contributed by atoms with E-state index in [0.717, 1.165) is 23.2 Å². The zero-order valence-electron chi connectivity index (χ0n) is 11.6. The molecule has 0 aromatic carbocycles. The number of nitrogens with one attached hydrogen (secondary N) is 1. The van der Waals surface area contributed by atoms with Gasteiger partial charge in [0.1, 0.15) is 5.65 Å². The summed E-state index contributed by atoms with van der Waals surface area (Å²) in [7, 11) is 2.06. The summed E-state index contributed by atoms with van der Waals surface area (Å²) in [5.41, 5.74) is 2.27. The number of piperidine rings is 1. The molecule has 0 spiro atoms. The highest BCUT2D eigenvalue weighted by Crippen LogP contribution is 2.17. The van der Waals surface area contributed by atoms with Gasteiger partial charge in [-0.25, -0.2) is 4.98 Å². The molecule has 1 N–H and O–H groups in total. The minimum Gasteiger partial charge on any atom is -0.316 e. The van der Waals surface area contributed by atoms with Crippen LogP contribution in [0.4, 0.5) is 0 Å². The summed E-state index contributed by atoms with van der Waals surface area (Å²) in [6.07, 6.45) is 6.64. The highest BCUT2D eigenvalue weighted by atomic mass is 79.9. The van der Waals surface area contributed by atoms with Crippen molar-refractivity contribution in [1.29, 1.82) is 0 Å². The number of likely N-dealkylation sites (N-methyl/N-ethyl adjacent to an activating group) is 1. The topological polar surface area (TPSA) is 32.6 Å². The van der Waals surface area contributed by atoms with Gasteiger partial charge in [-0.3, -0.25) is 4.90 Å². The van der Waals surface area contributed by atoms with Crippen LogP contribution < -0.4 is 5.32 Å². The molecule has 1 unspecified atom stereocenters. The van der Waals surface area contributed by atoms with Gasteiger partial charge in [0.2, 0.25) is 0 Å². The van der Waals surface area contributed by atoms with Crippen molar-refractivity contribution in [3.8, 4) is 0 Å². The molecule has 3 heterocycles. The molecule has 0 saturated carbocycles. The van der Waals surface area contributed by atoms with E-state index in [2.05, 4.69) is 48.8 Å². The molecule has 0 amide bonds. The zero-order chi connectivity index (χ0) is 13.2. The summed E-state index contributed by atoms with van der Waals surface area (Å²) in [5, 5.41) is 3.39. The Hall–Kier alpha value is -0.620. The Morgan fingerprint density at radius 3 is 3.10 bits per heavy atom. The monoisotopic (exact) mass is 358 g/mol. The van der Waals surface area contributed by atoms with Crippen LogP contribution in [-0.4, -0.2) is 40.5 Å². The lowest BCUT2D eigenvalue weighted by atomic mass is 10.1. The Morgan fingerprint density at radius 1 is 1.45 bits per heavy atom. The number of likely N-dealkylation sites (tertiary alicyclic amines) is 1. The third-order valence-corrected chi connectivity index (χ3v) is 4.31. The molecule has 1 saturated heterocycles. The quantitative estimate of drug-likeness (QED) is 0.914. The van der Waals surface area contributed by atoms with Gasteiger partial charge in [0.15, 0.2) is 0 Å². The van der Waals surface area contributed by atoms with E-state index in [4.69, 9.17) is 0 Å². The maximum Gasteiger partial charge on any atom is 0.136 e. The fourth-order valence-electron chi connectivity index (χ4n) is 2.79. The van der Waals surface area contributed by atoms with Crippen molar-refractivity contribution in [3.05, 3.63) is 34.7 Å². The van der Waals surface area contributed by atoms with E-state index in [1.54, 1.807) is 0 Å². The van der Waals surface area contributed by atoms with Crippen molar-refractivity contribution in [3.63, 3.8) is 0 Å². The molecule has 1 aliphatic rings. The molecule has 4 nitrogen and oxygen atoms in total. The molecule has 20 heavy (non-hydrogen) atoms. The molecular formula is C14H20BrClN4. The number of hydrogen-bond donors (Lipinski definition) is 1. The number of halogens is 2. The van der Waals surface area contributed by atoms with Gasteiger partial charge in [-0.1, -0.05) is 0 Å². The van der Waals surface area contributed by atoms with E-state index in [-0.39, 0.29) is 12.4 Å².